The summed E-state index contributed by atoms with van der Waals surface area (Å²) in [6.07, 6.45) is 6.34. The van der Waals surface area contributed by atoms with Crippen molar-refractivity contribution in [2.75, 3.05) is 13.1 Å². The first-order valence-electron chi connectivity index (χ1n) is 6.31. The Balaban J connectivity index is 3.72. The highest BCUT2D eigenvalue weighted by Crippen LogP contribution is 2.02. The van der Waals surface area contributed by atoms with E-state index >= 15 is 0 Å². The Bertz CT molecular complexity index is 301. The standard InChI is InChI=1S/C13H22N2O3/c1-3-8-13(18)15(11-16)10-7-5-6-9-12(17)14-4-2/h3,8,11H,4-7,9-10H2,1-2H3,(H,14,17)/b8-3-. The normalized spacial score (nSPS) is 10.3. The van der Waals surface area contributed by atoms with Gasteiger partial charge in [-0.3, -0.25) is 19.3 Å². The Hall–Kier alpha value is -1.65. The third kappa shape index (κ3) is 7.60. The average molecular weight is 254 g/mol. The highest BCUT2D eigenvalue weighted by Gasteiger charge is 2.08. The van der Waals surface area contributed by atoms with Crippen LogP contribution in [0.2, 0.25) is 0 Å². The molecule has 0 unspecified atom stereocenters. The van der Waals surface area contributed by atoms with Crippen molar-refractivity contribution < 1.29 is 14.4 Å². The lowest BCUT2D eigenvalue weighted by atomic mass is 10.2. The van der Waals surface area contributed by atoms with E-state index in [1.54, 1.807) is 13.0 Å². The molecule has 0 rings (SSSR count). The molecule has 1 N–H and O–H groups in total. The molecule has 0 aromatic carbocycles. The number of hydrogen-bond donors (Lipinski definition) is 1. The Morgan fingerprint density at radius 2 is 1.94 bits per heavy atom. The third-order valence-electron chi connectivity index (χ3n) is 2.40. The predicted molar refractivity (Wildman–Crippen MR) is 69.7 cm³/mol. The van der Waals surface area contributed by atoms with E-state index < -0.39 is 0 Å². The molecule has 0 spiro atoms. The number of nitrogens with one attached hydrogen (secondary N) is 1. The van der Waals surface area contributed by atoms with Gasteiger partial charge in [0.25, 0.3) is 5.91 Å². The fraction of sp³-hybridized carbons (Fsp3) is 0.615. The van der Waals surface area contributed by atoms with E-state index in [2.05, 4.69) is 5.32 Å². The van der Waals surface area contributed by atoms with Crippen LogP contribution in [0.3, 0.4) is 0 Å². The van der Waals surface area contributed by atoms with Gasteiger partial charge in [0, 0.05) is 19.5 Å². The van der Waals surface area contributed by atoms with Crippen LogP contribution in [0.1, 0.15) is 39.5 Å². The van der Waals surface area contributed by atoms with E-state index in [9.17, 15) is 14.4 Å². The van der Waals surface area contributed by atoms with Crippen molar-refractivity contribution in [2.24, 2.45) is 0 Å². The topological polar surface area (TPSA) is 66.5 Å². The number of carbonyl (C=O) groups is 3. The van der Waals surface area contributed by atoms with Crippen molar-refractivity contribution in [1.29, 1.82) is 0 Å². The molecule has 0 aliphatic heterocycles. The minimum atomic E-state index is -0.295. The monoisotopic (exact) mass is 254 g/mol. The summed E-state index contributed by atoms with van der Waals surface area (Å²) < 4.78 is 0. The molecular formula is C13H22N2O3. The average Bonchev–Trinajstić information content (AvgIpc) is 2.34. The summed E-state index contributed by atoms with van der Waals surface area (Å²) >= 11 is 0. The minimum absolute atomic E-state index is 0.0507. The summed E-state index contributed by atoms with van der Waals surface area (Å²) in [5.41, 5.74) is 0. The van der Waals surface area contributed by atoms with Crippen LogP contribution >= 0.6 is 0 Å². The number of allylic oxidation sites excluding steroid dienone is 1. The number of unbranched alkanes of at least 4 members (excludes halogenated alkanes) is 2. The molecule has 3 amide bonds. The molecule has 102 valence electrons. The molecule has 0 heterocycles. The Labute approximate surface area is 108 Å². The van der Waals surface area contributed by atoms with Crippen LogP contribution in [0.4, 0.5) is 0 Å². The predicted octanol–water partition coefficient (Wildman–Crippen LogP) is 1.24. The maximum absolute atomic E-state index is 11.4. The van der Waals surface area contributed by atoms with Crippen molar-refractivity contribution in [3.8, 4) is 0 Å². The first kappa shape index (κ1) is 16.4. The van der Waals surface area contributed by atoms with Crippen LogP contribution in [-0.4, -0.2) is 36.2 Å². The number of carbonyl (C=O) groups excluding carboxylic acids is 3. The van der Waals surface area contributed by atoms with Crippen LogP contribution in [0.15, 0.2) is 12.2 Å². The van der Waals surface area contributed by atoms with E-state index in [1.165, 1.54) is 6.08 Å². The zero-order chi connectivity index (χ0) is 13.8. The van der Waals surface area contributed by atoms with Crippen molar-refractivity contribution in [3.05, 3.63) is 12.2 Å². The van der Waals surface area contributed by atoms with Gasteiger partial charge in [0.1, 0.15) is 0 Å². The van der Waals surface area contributed by atoms with Crippen LogP contribution in [0.5, 0.6) is 0 Å². The van der Waals surface area contributed by atoms with E-state index in [1.807, 2.05) is 6.92 Å². The van der Waals surface area contributed by atoms with Crippen LogP contribution < -0.4 is 5.32 Å². The van der Waals surface area contributed by atoms with Crippen molar-refractivity contribution in [3.63, 3.8) is 0 Å². The number of nitrogens with zero attached hydrogens (tertiary/aromatic N) is 1. The minimum Gasteiger partial charge on any atom is -0.356 e. The molecule has 0 fully saturated rings. The summed E-state index contributed by atoms with van der Waals surface area (Å²) in [6, 6.07) is 0. The van der Waals surface area contributed by atoms with Gasteiger partial charge in [0.05, 0.1) is 0 Å². The maximum Gasteiger partial charge on any atom is 0.252 e. The second kappa shape index (κ2) is 10.5. The van der Waals surface area contributed by atoms with E-state index in [0.717, 1.165) is 24.2 Å². The number of hydrogen-bond acceptors (Lipinski definition) is 3. The van der Waals surface area contributed by atoms with Crippen LogP contribution in [-0.2, 0) is 14.4 Å². The second-order valence-electron chi connectivity index (χ2n) is 3.90. The molecule has 0 aromatic heterocycles. The molecule has 18 heavy (non-hydrogen) atoms. The van der Waals surface area contributed by atoms with Gasteiger partial charge in [0.2, 0.25) is 12.3 Å². The zero-order valence-electron chi connectivity index (χ0n) is 11.1. The van der Waals surface area contributed by atoms with Gasteiger partial charge in [-0.1, -0.05) is 12.5 Å². The molecule has 0 bridgehead atoms. The molecule has 5 nitrogen and oxygen atoms in total. The number of imide groups is 1. The van der Waals surface area contributed by atoms with Crippen LogP contribution in [0.25, 0.3) is 0 Å². The largest absolute Gasteiger partial charge is 0.356 e. The van der Waals surface area contributed by atoms with Gasteiger partial charge < -0.3 is 5.32 Å². The maximum atomic E-state index is 11.4. The van der Waals surface area contributed by atoms with Crippen molar-refractivity contribution in [1.82, 2.24) is 10.2 Å². The quantitative estimate of drug-likeness (QED) is 0.382. The summed E-state index contributed by atoms with van der Waals surface area (Å²) in [4.78, 5) is 34.4. The van der Waals surface area contributed by atoms with Gasteiger partial charge in [-0.05, 0) is 32.8 Å². The first-order valence-corrected chi connectivity index (χ1v) is 6.31. The first-order chi connectivity index (χ1) is 8.65. The highest BCUT2D eigenvalue weighted by atomic mass is 16.2. The summed E-state index contributed by atoms with van der Waals surface area (Å²) in [5, 5.41) is 2.72. The summed E-state index contributed by atoms with van der Waals surface area (Å²) in [7, 11) is 0. The lowest BCUT2D eigenvalue weighted by Crippen LogP contribution is -2.29. The van der Waals surface area contributed by atoms with E-state index in [4.69, 9.17) is 0 Å². The van der Waals surface area contributed by atoms with Crippen molar-refractivity contribution >= 4 is 18.2 Å². The van der Waals surface area contributed by atoms with Gasteiger partial charge in [0.15, 0.2) is 0 Å². The van der Waals surface area contributed by atoms with E-state index in [0.29, 0.717) is 25.9 Å². The molecule has 0 aliphatic carbocycles. The molecule has 0 aromatic rings. The number of amides is 3. The zero-order valence-corrected chi connectivity index (χ0v) is 11.1. The van der Waals surface area contributed by atoms with Gasteiger partial charge in [-0.25, -0.2) is 0 Å². The summed E-state index contributed by atoms with van der Waals surface area (Å²) in [5.74, 6) is -0.244. The molecule has 5 heteroatoms. The SMILES string of the molecule is C/C=C\C(=O)N(C=O)CCCCCC(=O)NCC. The Morgan fingerprint density at radius 3 is 2.50 bits per heavy atom. The lowest BCUT2D eigenvalue weighted by molar-refractivity contribution is -0.134. The Morgan fingerprint density at radius 1 is 1.22 bits per heavy atom. The second-order valence-corrected chi connectivity index (χ2v) is 3.90. The lowest BCUT2D eigenvalue weighted by Gasteiger charge is -2.12. The smallest absolute Gasteiger partial charge is 0.252 e. The van der Waals surface area contributed by atoms with Gasteiger partial charge in [-0.2, -0.15) is 0 Å². The molecule has 0 saturated carbocycles. The molecule has 0 aliphatic rings. The molecular weight excluding hydrogens is 232 g/mol. The van der Waals surface area contributed by atoms with Gasteiger partial charge in [-0.15, -0.1) is 0 Å². The van der Waals surface area contributed by atoms with E-state index in [-0.39, 0.29) is 11.8 Å². The molecule has 0 radical (unpaired) electrons. The number of rotatable bonds is 9. The fourth-order valence-corrected chi connectivity index (χ4v) is 1.48. The van der Waals surface area contributed by atoms with Gasteiger partial charge >= 0.3 is 0 Å². The molecule has 0 saturated heterocycles. The highest BCUT2D eigenvalue weighted by molar-refractivity contribution is 5.94. The Kier molecular flexibility index (Phi) is 9.54. The van der Waals surface area contributed by atoms with Crippen LogP contribution in [0, 0.1) is 0 Å². The molecule has 0 atom stereocenters. The van der Waals surface area contributed by atoms with Crippen molar-refractivity contribution in [2.45, 2.75) is 39.5 Å². The summed E-state index contributed by atoms with van der Waals surface area (Å²) in [6.45, 7) is 4.66. The third-order valence-corrected chi connectivity index (χ3v) is 2.40. The fourth-order valence-electron chi connectivity index (χ4n) is 1.48.